The Morgan fingerprint density at radius 1 is 1.05 bits per heavy atom. The van der Waals surface area contributed by atoms with E-state index in [1.807, 2.05) is 36.4 Å². The lowest BCUT2D eigenvalue weighted by Gasteiger charge is -2.13. The molecule has 0 atom stereocenters. The van der Waals surface area contributed by atoms with E-state index in [-0.39, 0.29) is 18.0 Å². The molecule has 0 fully saturated rings. The first-order valence-electron chi connectivity index (χ1n) is 13.0. The van der Waals surface area contributed by atoms with Gasteiger partial charge in [-0.25, -0.2) is 9.37 Å². The number of rotatable bonds is 8. The first-order chi connectivity index (χ1) is 20.9. The summed E-state index contributed by atoms with van der Waals surface area (Å²) in [5.41, 5.74) is 1.81. The highest BCUT2D eigenvalue weighted by molar-refractivity contribution is 9.10. The van der Waals surface area contributed by atoms with Crippen molar-refractivity contribution in [2.45, 2.75) is 0 Å². The van der Waals surface area contributed by atoms with Gasteiger partial charge >= 0.3 is 0 Å². The molecule has 0 saturated heterocycles. The SMILES string of the molecule is COc1cc(C=Nn2c(-c3cc4ccccc4o3)nc3ccccc3c2=O)c(Br)cc1OCC(=O)Nc1ccc(F)cc1. The van der Waals surface area contributed by atoms with Crippen molar-refractivity contribution >= 4 is 55.6 Å². The van der Waals surface area contributed by atoms with Gasteiger partial charge in [-0.1, -0.05) is 30.3 Å². The zero-order valence-electron chi connectivity index (χ0n) is 22.6. The van der Waals surface area contributed by atoms with Crippen molar-refractivity contribution in [3.63, 3.8) is 0 Å². The van der Waals surface area contributed by atoms with Gasteiger partial charge in [0.1, 0.15) is 11.4 Å². The molecular weight excluding hydrogens is 619 g/mol. The normalized spacial score (nSPS) is 11.3. The average molecular weight is 641 g/mol. The molecule has 11 heteroatoms. The Balaban J connectivity index is 1.31. The van der Waals surface area contributed by atoms with Crippen LogP contribution in [0.1, 0.15) is 5.56 Å². The largest absolute Gasteiger partial charge is 0.493 e. The van der Waals surface area contributed by atoms with E-state index in [4.69, 9.17) is 18.9 Å². The van der Waals surface area contributed by atoms with Gasteiger partial charge in [0.05, 0.1) is 24.2 Å². The highest BCUT2D eigenvalue weighted by Crippen LogP contribution is 2.33. The smallest absolute Gasteiger partial charge is 0.282 e. The minimum atomic E-state index is -0.434. The maximum absolute atomic E-state index is 13.6. The number of methoxy groups -OCH3 is 1. The van der Waals surface area contributed by atoms with Crippen molar-refractivity contribution in [1.82, 2.24) is 9.66 Å². The first kappa shape index (κ1) is 27.9. The van der Waals surface area contributed by atoms with Crippen molar-refractivity contribution in [3.8, 4) is 23.1 Å². The highest BCUT2D eigenvalue weighted by atomic mass is 79.9. The number of aromatic nitrogens is 2. The Hall–Kier alpha value is -5.29. The lowest BCUT2D eigenvalue weighted by molar-refractivity contribution is -0.118. The van der Waals surface area contributed by atoms with E-state index in [2.05, 4.69) is 26.3 Å². The Morgan fingerprint density at radius 2 is 1.81 bits per heavy atom. The summed E-state index contributed by atoms with van der Waals surface area (Å²) in [6.07, 6.45) is 1.49. The molecule has 2 aromatic heterocycles. The molecule has 0 aliphatic carbocycles. The first-order valence-corrected chi connectivity index (χ1v) is 13.8. The molecule has 214 valence electrons. The van der Waals surface area contributed by atoms with E-state index in [0.29, 0.717) is 49.5 Å². The van der Waals surface area contributed by atoms with E-state index >= 15 is 0 Å². The number of furan rings is 1. The van der Waals surface area contributed by atoms with Gasteiger partial charge in [0.25, 0.3) is 11.5 Å². The number of nitrogens with one attached hydrogen (secondary N) is 1. The number of anilines is 1. The van der Waals surface area contributed by atoms with Crippen LogP contribution in [0.25, 0.3) is 33.5 Å². The second-order valence-corrected chi connectivity index (χ2v) is 10.2. The number of hydrogen-bond donors (Lipinski definition) is 1. The molecule has 1 amide bonds. The third-order valence-corrected chi connectivity index (χ3v) is 7.17. The monoisotopic (exact) mass is 640 g/mol. The Bertz CT molecular complexity index is 2040. The molecule has 6 aromatic rings. The van der Waals surface area contributed by atoms with Crippen LogP contribution < -0.4 is 20.3 Å². The molecule has 0 spiro atoms. The maximum atomic E-state index is 13.6. The third kappa shape index (κ3) is 5.88. The van der Waals surface area contributed by atoms with Crippen LogP contribution in [0, 0.1) is 5.82 Å². The van der Waals surface area contributed by atoms with Crippen LogP contribution in [0.3, 0.4) is 0 Å². The van der Waals surface area contributed by atoms with Crippen LogP contribution in [0.5, 0.6) is 11.5 Å². The van der Waals surface area contributed by atoms with Crippen molar-refractivity contribution in [2.75, 3.05) is 19.0 Å². The van der Waals surface area contributed by atoms with Gasteiger partial charge in [-0.05, 0) is 76.6 Å². The van der Waals surface area contributed by atoms with E-state index in [9.17, 15) is 14.0 Å². The number of amides is 1. The summed E-state index contributed by atoms with van der Waals surface area (Å²) >= 11 is 3.51. The standard InChI is InChI=1S/C32H22BrFN4O5/c1-41-27-15-20(24(33)16-28(27)42-18-30(39)36-22-12-10-21(34)11-13-22)17-35-38-31(29-14-19-6-2-5-9-26(19)43-29)37-25-8-4-3-7-23(25)32(38)40/h2-17H,18H2,1H3,(H,36,39). The minimum Gasteiger partial charge on any atom is -0.493 e. The lowest BCUT2D eigenvalue weighted by atomic mass is 10.2. The fourth-order valence-corrected chi connectivity index (χ4v) is 4.82. The Labute approximate surface area is 252 Å². The Morgan fingerprint density at radius 3 is 2.60 bits per heavy atom. The predicted octanol–water partition coefficient (Wildman–Crippen LogP) is 6.62. The number of benzene rings is 4. The second-order valence-electron chi connectivity index (χ2n) is 9.33. The Kier molecular flexibility index (Phi) is 7.71. The fourth-order valence-electron chi connectivity index (χ4n) is 4.40. The number of carbonyl (C=O) groups excluding carboxylic acids is 1. The molecule has 1 N–H and O–H groups in total. The van der Waals surface area contributed by atoms with Gasteiger partial charge in [0, 0.05) is 21.1 Å². The molecule has 6 rings (SSSR count). The van der Waals surface area contributed by atoms with E-state index in [0.717, 1.165) is 5.39 Å². The molecule has 0 unspecified atom stereocenters. The number of para-hydroxylation sites is 2. The zero-order valence-corrected chi connectivity index (χ0v) is 24.2. The number of nitrogens with zero attached hydrogens (tertiary/aromatic N) is 3. The van der Waals surface area contributed by atoms with Crippen molar-refractivity contribution < 1.29 is 23.1 Å². The summed E-state index contributed by atoms with van der Waals surface area (Å²) in [7, 11) is 1.47. The van der Waals surface area contributed by atoms with E-state index < -0.39 is 11.7 Å². The molecule has 4 aromatic carbocycles. The molecular formula is C32H22BrFN4O5. The predicted molar refractivity (Wildman–Crippen MR) is 165 cm³/mol. The van der Waals surface area contributed by atoms with Gasteiger partial charge in [0.15, 0.2) is 23.9 Å². The van der Waals surface area contributed by atoms with Crippen LogP contribution in [-0.4, -0.2) is 35.5 Å². The molecule has 0 radical (unpaired) electrons. The van der Waals surface area contributed by atoms with Gasteiger partial charge in [-0.2, -0.15) is 9.78 Å². The zero-order chi connectivity index (χ0) is 29.9. The van der Waals surface area contributed by atoms with Crippen LogP contribution >= 0.6 is 15.9 Å². The third-order valence-electron chi connectivity index (χ3n) is 6.48. The number of fused-ring (bicyclic) bond motifs is 2. The van der Waals surface area contributed by atoms with Gasteiger partial charge in [-0.15, -0.1) is 0 Å². The van der Waals surface area contributed by atoms with Gasteiger partial charge in [0.2, 0.25) is 5.82 Å². The van der Waals surface area contributed by atoms with Crippen LogP contribution in [0.15, 0.2) is 110 Å². The van der Waals surface area contributed by atoms with E-state index in [1.54, 1.807) is 30.3 Å². The molecule has 0 saturated carbocycles. The molecule has 43 heavy (non-hydrogen) atoms. The summed E-state index contributed by atoms with van der Waals surface area (Å²) in [5.74, 6) is 0.428. The quantitative estimate of drug-likeness (QED) is 0.187. The summed E-state index contributed by atoms with van der Waals surface area (Å²) in [6, 6.07) is 25.0. The average Bonchev–Trinajstić information content (AvgIpc) is 3.45. The van der Waals surface area contributed by atoms with Crippen LogP contribution in [-0.2, 0) is 4.79 Å². The van der Waals surface area contributed by atoms with Crippen molar-refractivity contribution in [3.05, 3.63) is 117 Å². The van der Waals surface area contributed by atoms with Crippen molar-refractivity contribution in [1.29, 1.82) is 0 Å². The highest BCUT2D eigenvalue weighted by Gasteiger charge is 2.17. The van der Waals surface area contributed by atoms with Crippen molar-refractivity contribution in [2.24, 2.45) is 5.10 Å². The number of hydrogen-bond acceptors (Lipinski definition) is 7. The molecule has 0 aliphatic heterocycles. The molecule has 2 heterocycles. The van der Waals surface area contributed by atoms with Crippen LogP contribution in [0.2, 0.25) is 0 Å². The summed E-state index contributed by atoms with van der Waals surface area (Å²) in [5, 5.41) is 8.41. The molecule has 0 bridgehead atoms. The van der Waals surface area contributed by atoms with Gasteiger partial charge < -0.3 is 19.2 Å². The summed E-state index contributed by atoms with van der Waals surface area (Å²) in [6.45, 7) is -0.313. The van der Waals surface area contributed by atoms with E-state index in [1.165, 1.54) is 42.3 Å². The molecule has 9 nitrogen and oxygen atoms in total. The summed E-state index contributed by atoms with van der Waals surface area (Å²) in [4.78, 5) is 30.6. The lowest BCUT2D eigenvalue weighted by Crippen LogP contribution is -2.20. The summed E-state index contributed by atoms with van der Waals surface area (Å²) < 4.78 is 32.1. The fraction of sp³-hybridized carbons (Fsp3) is 0.0625. The number of ether oxygens (including phenoxy) is 2. The molecule has 0 aliphatic rings. The van der Waals surface area contributed by atoms with Crippen LogP contribution in [0.4, 0.5) is 10.1 Å². The number of halogens is 2. The maximum Gasteiger partial charge on any atom is 0.282 e. The minimum absolute atomic E-state index is 0.242. The van der Waals surface area contributed by atoms with Gasteiger partial charge in [-0.3, -0.25) is 9.59 Å². The second kappa shape index (κ2) is 11.9. The topological polar surface area (TPSA) is 108 Å². The number of carbonyl (C=O) groups is 1.